The molecule has 1 aliphatic rings. The highest BCUT2D eigenvalue weighted by Gasteiger charge is 2.29. The zero-order valence-electron chi connectivity index (χ0n) is 9.92. The molecule has 1 saturated carbocycles. The Bertz CT molecular complexity index is 497. The number of hydrogen-bond donors (Lipinski definition) is 2. The Hall–Kier alpha value is -2.11. The maximum Gasteiger partial charge on any atom is 0.310 e. The van der Waals surface area contributed by atoms with Gasteiger partial charge in [-0.15, -0.1) is 0 Å². The lowest BCUT2D eigenvalue weighted by Crippen LogP contribution is -2.33. The van der Waals surface area contributed by atoms with Gasteiger partial charge in [0.05, 0.1) is 4.92 Å². The SMILES string of the molecule is C[C@H](NC(=O)c1ccc([N+](=O)[O-])c(O)c1)C1CC1. The van der Waals surface area contributed by atoms with Gasteiger partial charge in [0.15, 0.2) is 5.75 Å². The molecule has 1 fully saturated rings. The molecule has 0 spiro atoms. The van der Waals surface area contributed by atoms with Gasteiger partial charge in [-0.25, -0.2) is 0 Å². The number of rotatable bonds is 4. The van der Waals surface area contributed by atoms with E-state index in [1.807, 2.05) is 6.92 Å². The van der Waals surface area contributed by atoms with E-state index in [1.54, 1.807) is 0 Å². The summed E-state index contributed by atoms with van der Waals surface area (Å²) in [5.41, 5.74) is -0.174. The van der Waals surface area contributed by atoms with Crippen LogP contribution in [0.4, 0.5) is 5.69 Å². The summed E-state index contributed by atoms with van der Waals surface area (Å²) in [7, 11) is 0. The first-order valence-corrected chi connectivity index (χ1v) is 5.77. The van der Waals surface area contributed by atoms with Crippen molar-refractivity contribution in [2.75, 3.05) is 0 Å². The van der Waals surface area contributed by atoms with E-state index in [9.17, 15) is 20.0 Å². The van der Waals surface area contributed by atoms with Crippen molar-refractivity contribution < 1.29 is 14.8 Å². The van der Waals surface area contributed by atoms with Gasteiger partial charge in [0.2, 0.25) is 0 Å². The van der Waals surface area contributed by atoms with E-state index < -0.39 is 16.4 Å². The molecule has 1 aromatic rings. The van der Waals surface area contributed by atoms with Crippen molar-refractivity contribution in [3.63, 3.8) is 0 Å². The molecule has 0 unspecified atom stereocenters. The number of benzene rings is 1. The van der Waals surface area contributed by atoms with E-state index >= 15 is 0 Å². The number of phenolic OH excluding ortho intramolecular Hbond substituents is 1. The normalized spacial score (nSPS) is 16.1. The fourth-order valence-corrected chi connectivity index (χ4v) is 1.82. The Morgan fingerprint density at radius 2 is 2.22 bits per heavy atom. The summed E-state index contributed by atoms with van der Waals surface area (Å²) in [6, 6.07) is 3.68. The van der Waals surface area contributed by atoms with Crippen LogP contribution in [0.2, 0.25) is 0 Å². The zero-order chi connectivity index (χ0) is 13.3. The summed E-state index contributed by atoms with van der Waals surface area (Å²) in [5.74, 6) is -0.285. The third-order valence-electron chi connectivity index (χ3n) is 3.12. The third kappa shape index (κ3) is 2.58. The number of nitrogens with one attached hydrogen (secondary N) is 1. The van der Waals surface area contributed by atoms with Crippen LogP contribution in [0, 0.1) is 16.0 Å². The number of nitro benzene ring substituents is 1. The van der Waals surface area contributed by atoms with Gasteiger partial charge in [0.1, 0.15) is 0 Å². The molecule has 0 aromatic heterocycles. The molecule has 6 nitrogen and oxygen atoms in total. The first-order valence-electron chi connectivity index (χ1n) is 5.77. The minimum absolute atomic E-state index is 0.0924. The van der Waals surface area contributed by atoms with Crippen LogP contribution in [0.5, 0.6) is 5.75 Å². The van der Waals surface area contributed by atoms with Gasteiger partial charge < -0.3 is 10.4 Å². The summed E-state index contributed by atoms with van der Waals surface area (Å²) in [6.45, 7) is 1.93. The van der Waals surface area contributed by atoms with Crippen LogP contribution in [-0.2, 0) is 0 Å². The topological polar surface area (TPSA) is 92.5 Å². The van der Waals surface area contributed by atoms with Crippen LogP contribution in [0.1, 0.15) is 30.1 Å². The van der Waals surface area contributed by atoms with E-state index in [0.717, 1.165) is 25.0 Å². The molecule has 0 bridgehead atoms. The lowest BCUT2D eigenvalue weighted by Gasteiger charge is -2.12. The van der Waals surface area contributed by atoms with Gasteiger partial charge >= 0.3 is 5.69 Å². The van der Waals surface area contributed by atoms with Crippen molar-refractivity contribution in [1.29, 1.82) is 0 Å². The largest absolute Gasteiger partial charge is 0.502 e. The predicted molar refractivity (Wildman–Crippen MR) is 64.4 cm³/mol. The average molecular weight is 250 g/mol. The molecule has 1 atom stereocenters. The molecular weight excluding hydrogens is 236 g/mol. The Kier molecular flexibility index (Phi) is 3.18. The molecule has 0 radical (unpaired) electrons. The van der Waals surface area contributed by atoms with Crippen molar-refractivity contribution in [2.45, 2.75) is 25.8 Å². The Morgan fingerprint density at radius 1 is 1.56 bits per heavy atom. The van der Waals surface area contributed by atoms with E-state index in [2.05, 4.69) is 5.32 Å². The fraction of sp³-hybridized carbons (Fsp3) is 0.417. The quantitative estimate of drug-likeness (QED) is 0.629. The van der Waals surface area contributed by atoms with Crippen LogP contribution in [0.15, 0.2) is 18.2 Å². The van der Waals surface area contributed by atoms with Gasteiger partial charge in [0, 0.05) is 17.7 Å². The number of hydrogen-bond acceptors (Lipinski definition) is 4. The fourth-order valence-electron chi connectivity index (χ4n) is 1.82. The van der Waals surface area contributed by atoms with Crippen molar-refractivity contribution >= 4 is 11.6 Å². The number of nitrogens with zero attached hydrogens (tertiary/aromatic N) is 1. The van der Waals surface area contributed by atoms with Gasteiger partial charge in [0.25, 0.3) is 5.91 Å². The lowest BCUT2D eigenvalue weighted by molar-refractivity contribution is -0.385. The van der Waals surface area contributed by atoms with Crippen molar-refractivity contribution in [3.05, 3.63) is 33.9 Å². The number of nitro groups is 1. The van der Waals surface area contributed by atoms with Crippen LogP contribution >= 0.6 is 0 Å². The molecule has 2 N–H and O–H groups in total. The molecule has 0 heterocycles. The molecule has 6 heteroatoms. The molecular formula is C12H14N2O4. The molecule has 2 rings (SSSR count). The molecule has 1 aliphatic carbocycles. The first kappa shape index (κ1) is 12.3. The maximum atomic E-state index is 11.8. The molecule has 1 aromatic carbocycles. The minimum Gasteiger partial charge on any atom is -0.502 e. The number of phenols is 1. The highest BCUT2D eigenvalue weighted by molar-refractivity contribution is 5.95. The summed E-state index contributed by atoms with van der Waals surface area (Å²) in [4.78, 5) is 21.7. The van der Waals surface area contributed by atoms with E-state index in [0.29, 0.717) is 5.92 Å². The summed E-state index contributed by atoms with van der Waals surface area (Å²) in [6.07, 6.45) is 2.24. The molecule has 1 amide bonds. The number of aromatic hydroxyl groups is 1. The average Bonchev–Trinajstić information content (AvgIpc) is 3.11. The van der Waals surface area contributed by atoms with E-state index in [1.165, 1.54) is 6.07 Å². The smallest absolute Gasteiger partial charge is 0.310 e. The maximum absolute atomic E-state index is 11.8. The van der Waals surface area contributed by atoms with Crippen molar-refractivity contribution in [1.82, 2.24) is 5.32 Å². The van der Waals surface area contributed by atoms with Crippen LogP contribution < -0.4 is 5.32 Å². The lowest BCUT2D eigenvalue weighted by atomic mass is 10.1. The Morgan fingerprint density at radius 3 is 2.72 bits per heavy atom. The summed E-state index contributed by atoms with van der Waals surface area (Å²) in [5, 5.41) is 22.8. The van der Waals surface area contributed by atoms with Crippen LogP contribution in [0.25, 0.3) is 0 Å². The second kappa shape index (κ2) is 4.64. The standard InChI is InChI=1S/C12H14N2O4/c1-7(8-2-3-8)13-12(16)9-4-5-10(14(17)18)11(15)6-9/h4-8,15H,2-3H2,1H3,(H,13,16)/t7-/m0/s1. The van der Waals surface area contributed by atoms with E-state index in [4.69, 9.17) is 0 Å². The first-order chi connectivity index (χ1) is 8.49. The third-order valence-corrected chi connectivity index (χ3v) is 3.12. The van der Waals surface area contributed by atoms with Gasteiger partial charge in [-0.3, -0.25) is 14.9 Å². The molecule has 0 saturated heterocycles. The highest BCUT2D eigenvalue weighted by Crippen LogP contribution is 2.32. The van der Waals surface area contributed by atoms with Crippen molar-refractivity contribution in [3.8, 4) is 5.75 Å². The monoisotopic (exact) mass is 250 g/mol. The van der Waals surface area contributed by atoms with Gasteiger partial charge in [-0.05, 0) is 37.8 Å². The second-order valence-corrected chi connectivity index (χ2v) is 4.56. The Labute approximate surface area is 104 Å². The molecule has 96 valence electrons. The number of amides is 1. The number of carbonyl (C=O) groups is 1. The molecule has 0 aliphatic heterocycles. The van der Waals surface area contributed by atoms with Crippen LogP contribution in [0.3, 0.4) is 0 Å². The van der Waals surface area contributed by atoms with Gasteiger partial charge in [-0.1, -0.05) is 0 Å². The zero-order valence-corrected chi connectivity index (χ0v) is 9.92. The minimum atomic E-state index is -0.691. The number of carbonyl (C=O) groups excluding carboxylic acids is 1. The predicted octanol–water partition coefficient (Wildman–Crippen LogP) is 1.83. The highest BCUT2D eigenvalue weighted by atomic mass is 16.6. The summed E-state index contributed by atoms with van der Waals surface area (Å²) < 4.78 is 0. The van der Waals surface area contributed by atoms with Crippen molar-refractivity contribution in [2.24, 2.45) is 5.92 Å². The Balaban J connectivity index is 2.10. The molecule has 18 heavy (non-hydrogen) atoms. The van der Waals surface area contributed by atoms with Gasteiger partial charge in [-0.2, -0.15) is 0 Å². The van der Waals surface area contributed by atoms with Crippen LogP contribution in [-0.4, -0.2) is 22.0 Å². The van der Waals surface area contributed by atoms with E-state index in [-0.39, 0.29) is 17.5 Å². The second-order valence-electron chi connectivity index (χ2n) is 4.56. The summed E-state index contributed by atoms with van der Waals surface area (Å²) >= 11 is 0.